The summed E-state index contributed by atoms with van der Waals surface area (Å²) in [6, 6.07) is 62.9. The minimum absolute atomic E-state index is 0. The molecule has 7 aromatic carbocycles. The zero-order valence-electron chi connectivity index (χ0n) is 35.0. The van der Waals surface area contributed by atoms with Crippen LogP contribution < -0.4 is 26.2 Å². The maximum atomic E-state index is 3.71. The first-order chi connectivity index (χ1) is 30.2. The van der Waals surface area contributed by atoms with Crippen molar-refractivity contribution in [3.63, 3.8) is 0 Å². The quantitative estimate of drug-likeness (QED) is 0.0996. The second-order valence-electron chi connectivity index (χ2n) is 17.1. The molecule has 4 heteroatoms. The Morgan fingerprint density at radius 2 is 0.871 bits per heavy atom. The fraction of sp³-hybridized carbons (Fsp3) is 0.138. The van der Waals surface area contributed by atoms with Crippen LogP contribution in [0.25, 0.3) is 0 Å². The van der Waals surface area contributed by atoms with Crippen molar-refractivity contribution in [2.24, 2.45) is 0 Å². The summed E-state index contributed by atoms with van der Waals surface area (Å²) in [5.74, 6) is 0. The summed E-state index contributed by atoms with van der Waals surface area (Å²) in [5.41, 5.74) is 22.0. The monoisotopic (exact) mass is 935 g/mol. The molecule has 0 spiro atoms. The summed E-state index contributed by atoms with van der Waals surface area (Å²) in [4.78, 5) is 5.07. The molecule has 4 aliphatic rings. The van der Waals surface area contributed by atoms with Gasteiger partial charge in [-0.15, -0.1) is 5.46 Å². The summed E-state index contributed by atoms with van der Waals surface area (Å²) >= 11 is 0. The maximum Gasteiger partial charge on any atom is 0.226 e. The topological polar surface area (TPSA) is 6.48 Å². The van der Waals surface area contributed by atoms with E-state index in [1.54, 1.807) is 0 Å². The van der Waals surface area contributed by atoms with E-state index >= 15 is 0 Å². The summed E-state index contributed by atoms with van der Waals surface area (Å²) in [6.07, 6.45) is 22.2. The first kappa shape index (κ1) is 40.6. The van der Waals surface area contributed by atoms with E-state index in [1.807, 2.05) is 0 Å². The van der Waals surface area contributed by atoms with E-state index in [1.165, 1.54) is 95.0 Å². The van der Waals surface area contributed by atoms with E-state index in [0.29, 0.717) is 0 Å². The standard InChI is InChI=1S/C58H48BN2.Sm/c1-5-16-42(17-6-1)34-46-24-13-26-50(38-46)60-54-28-15-29-55-58(54)59(52-32-30-48(40-56(52)60)36-44-20-9-3-10-21-44)53-33-31-49(37-45-22-11-4-12-23-45)41-57(53)61(55)51-27-14-25-47(39-51)35-43-18-7-2-8-19-43;/h1,3,5-7,9-11,13-14,16-33,38-41H,2,4,8,12,34-37H2;/q-1;. The molecule has 2 aliphatic carbocycles. The third kappa shape index (κ3) is 8.13. The predicted molar refractivity (Wildman–Crippen MR) is 258 cm³/mol. The Morgan fingerprint density at radius 1 is 0.419 bits per heavy atom. The number of allylic oxidation sites excluding steroid dienone is 8. The van der Waals surface area contributed by atoms with Crippen molar-refractivity contribution in [1.29, 1.82) is 0 Å². The molecular formula is C58H48BN2Sm-. The smallest absolute Gasteiger partial charge is 0.226 e. The normalized spacial score (nSPS) is 14.6. The van der Waals surface area contributed by atoms with Crippen molar-refractivity contribution < 1.29 is 40.4 Å². The van der Waals surface area contributed by atoms with Crippen LogP contribution in [-0.2, 0) is 25.7 Å². The zero-order chi connectivity index (χ0) is 40.5. The van der Waals surface area contributed by atoms with E-state index in [-0.39, 0.29) is 47.1 Å². The molecule has 0 unspecified atom stereocenters. The Hall–Kier alpha value is -5.50. The van der Waals surface area contributed by atoms with Crippen LogP contribution >= 0.6 is 0 Å². The van der Waals surface area contributed by atoms with E-state index in [0.717, 1.165) is 51.4 Å². The number of hydrogen-bond acceptors (Lipinski definition) is 2. The average molecular weight is 934 g/mol. The molecule has 0 saturated heterocycles. The van der Waals surface area contributed by atoms with Crippen molar-refractivity contribution in [2.45, 2.75) is 51.4 Å². The largest absolute Gasteiger partial charge is 0.366 e. The fourth-order valence-corrected chi connectivity index (χ4v) is 10.1. The molecule has 0 atom stereocenters. The van der Waals surface area contributed by atoms with E-state index in [9.17, 15) is 0 Å². The molecule has 0 bridgehead atoms. The van der Waals surface area contributed by atoms with E-state index in [2.05, 4.69) is 210 Å². The third-order valence-electron chi connectivity index (χ3n) is 12.9. The molecule has 0 amide bonds. The average Bonchev–Trinajstić information content (AvgIpc) is 3.30. The van der Waals surface area contributed by atoms with Gasteiger partial charge in [0.1, 0.15) is 0 Å². The van der Waals surface area contributed by atoms with Crippen molar-refractivity contribution in [3.05, 3.63) is 245 Å². The Morgan fingerprint density at radius 3 is 1.35 bits per heavy atom. The van der Waals surface area contributed by atoms with Gasteiger partial charge in [0, 0.05) is 63.1 Å². The van der Waals surface area contributed by atoms with Crippen LogP contribution in [0, 0.1) is 46.5 Å². The van der Waals surface area contributed by atoms with Crippen LogP contribution in [0.2, 0.25) is 0 Å². The van der Waals surface area contributed by atoms with Gasteiger partial charge in [-0.05, 0) is 143 Å². The molecule has 2 aliphatic heterocycles. The number of benzene rings is 7. The minimum Gasteiger partial charge on any atom is -0.366 e. The van der Waals surface area contributed by atoms with Crippen molar-refractivity contribution in [2.75, 3.05) is 9.80 Å². The maximum absolute atomic E-state index is 3.71. The number of nitrogens with zero attached hydrogens (tertiary/aromatic N) is 2. The molecule has 2 heterocycles. The van der Waals surface area contributed by atoms with Crippen LogP contribution in [0.3, 0.4) is 0 Å². The Bertz CT molecular complexity index is 2890. The van der Waals surface area contributed by atoms with Crippen LogP contribution in [0.15, 0.2) is 205 Å². The molecule has 0 N–H and O–H groups in total. The summed E-state index contributed by atoms with van der Waals surface area (Å²) in [6.45, 7) is 0.0546. The first-order valence-electron chi connectivity index (χ1n) is 22.1. The molecule has 7 aromatic rings. The molecule has 0 radical (unpaired) electrons. The molecule has 62 heavy (non-hydrogen) atoms. The number of rotatable bonds is 10. The van der Waals surface area contributed by atoms with Crippen LogP contribution in [0.1, 0.15) is 59.1 Å². The molecule has 300 valence electrons. The minimum atomic E-state index is 0. The third-order valence-corrected chi connectivity index (χ3v) is 12.9. The first-order valence-corrected chi connectivity index (χ1v) is 22.1. The van der Waals surface area contributed by atoms with Gasteiger partial charge >= 0.3 is 0 Å². The van der Waals surface area contributed by atoms with Crippen molar-refractivity contribution in [3.8, 4) is 0 Å². The summed E-state index contributed by atoms with van der Waals surface area (Å²) in [5, 5.41) is 0. The van der Waals surface area contributed by atoms with Gasteiger partial charge in [-0.3, -0.25) is 0 Å². The van der Waals surface area contributed by atoms with E-state index < -0.39 is 0 Å². The van der Waals surface area contributed by atoms with Crippen LogP contribution in [-0.4, -0.2) is 6.71 Å². The number of fused-ring (bicyclic) bond motifs is 4. The zero-order valence-corrected chi connectivity index (χ0v) is 37.6. The van der Waals surface area contributed by atoms with E-state index in [4.69, 9.17) is 0 Å². The Balaban J connectivity index is 0.00000458. The predicted octanol–water partition coefficient (Wildman–Crippen LogP) is 12.4. The Kier molecular flexibility index (Phi) is 11.8. The van der Waals surface area contributed by atoms with Crippen molar-refractivity contribution in [1.82, 2.24) is 0 Å². The number of hydrogen-bond donors (Lipinski definition) is 0. The van der Waals surface area contributed by atoms with Crippen LogP contribution in [0.4, 0.5) is 34.1 Å². The summed E-state index contributed by atoms with van der Waals surface area (Å²) in [7, 11) is 0. The van der Waals surface area contributed by atoms with Gasteiger partial charge in [-0.1, -0.05) is 157 Å². The molecule has 2 nitrogen and oxygen atoms in total. The van der Waals surface area contributed by atoms with Gasteiger partial charge in [-0.2, -0.15) is 18.2 Å². The second kappa shape index (κ2) is 18.1. The van der Waals surface area contributed by atoms with Crippen LogP contribution in [0.5, 0.6) is 0 Å². The van der Waals surface area contributed by atoms with Gasteiger partial charge < -0.3 is 9.80 Å². The molecule has 0 saturated carbocycles. The summed E-state index contributed by atoms with van der Waals surface area (Å²) < 4.78 is 0. The molecule has 0 fully saturated rings. The Labute approximate surface area is 400 Å². The van der Waals surface area contributed by atoms with Crippen molar-refractivity contribution >= 4 is 57.2 Å². The van der Waals surface area contributed by atoms with Gasteiger partial charge in [-0.25, -0.2) is 0 Å². The van der Waals surface area contributed by atoms with Gasteiger partial charge in [0.25, 0.3) is 0 Å². The number of anilines is 6. The molecule has 11 rings (SSSR count). The fourth-order valence-electron chi connectivity index (χ4n) is 10.1. The molecule has 0 aromatic heterocycles. The second-order valence-corrected chi connectivity index (χ2v) is 17.1. The van der Waals surface area contributed by atoms with Gasteiger partial charge in [0.2, 0.25) is 6.71 Å². The van der Waals surface area contributed by atoms with Gasteiger partial charge in [0.05, 0.1) is 0 Å². The van der Waals surface area contributed by atoms with Gasteiger partial charge in [0.15, 0.2) is 0 Å². The molecular weight excluding hydrogens is 886 g/mol. The SMILES string of the molecule is [Sm].[c-]1cc2c3c(c1)N(c1cccc(Cc4ccccc4)c1)c1cc(Cc4ccccc4)ccc1B3c1ccc(CC3=CCCC=C3)cc1N2c1cccc(CC2=CCCC=C2)c1.